The molecular formula is C7H6BrN3O. The maximum Gasteiger partial charge on any atom is 0.155 e. The van der Waals surface area contributed by atoms with E-state index in [9.17, 15) is 0 Å². The number of hydrogen-bond acceptors (Lipinski definition) is 3. The standard InChI is InChI=1S/C7H6BrN3O/c8-6-2-11-7(9-4-10-11)1-5(6)3-12/h1-2,4,12H,3H2. The lowest BCUT2D eigenvalue weighted by Crippen LogP contribution is -1.92. The SMILES string of the molecule is OCc1cc2ncnn2cc1Br. The zero-order chi connectivity index (χ0) is 8.55. The molecule has 4 nitrogen and oxygen atoms in total. The molecule has 0 unspecified atom stereocenters. The van der Waals surface area contributed by atoms with Crippen LogP contribution in [0.5, 0.6) is 0 Å². The molecule has 0 atom stereocenters. The van der Waals surface area contributed by atoms with Gasteiger partial charge in [0.2, 0.25) is 0 Å². The van der Waals surface area contributed by atoms with Crippen molar-refractivity contribution in [3.05, 3.63) is 28.6 Å². The summed E-state index contributed by atoms with van der Waals surface area (Å²) >= 11 is 3.31. The van der Waals surface area contributed by atoms with E-state index in [2.05, 4.69) is 26.0 Å². The summed E-state index contributed by atoms with van der Waals surface area (Å²) in [5, 5.41) is 12.9. The van der Waals surface area contributed by atoms with E-state index in [4.69, 9.17) is 5.11 Å². The van der Waals surface area contributed by atoms with Crippen molar-refractivity contribution >= 4 is 21.6 Å². The van der Waals surface area contributed by atoms with Crippen LogP contribution in [0.15, 0.2) is 23.1 Å². The number of halogens is 1. The molecule has 1 N–H and O–H groups in total. The third-order valence-corrected chi connectivity index (χ3v) is 2.33. The summed E-state index contributed by atoms with van der Waals surface area (Å²) in [6.45, 7) is 0.00391. The summed E-state index contributed by atoms with van der Waals surface area (Å²) < 4.78 is 2.48. The summed E-state index contributed by atoms with van der Waals surface area (Å²) in [5.74, 6) is 0. The Morgan fingerprint density at radius 2 is 2.42 bits per heavy atom. The van der Waals surface area contributed by atoms with E-state index in [-0.39, 0.29) is 6.61 Å². The highest BCUT2D eigenvalue weighted by molar-refractivity contribution is 9.10. The van der Waals surface area contributed by atoms with Gasteiger partial charge in [-0.1, -0.05) is 0 Å². The van der Waals surface area contributed by atoms with Crippen molar-refractivity contribution in [1.82, 2.24) is 14.6 Å². The summed E-state index contributed by atoms with van der Waals surface area (Å²) in [4.78, 5) is 3.99. The minimum absolute atomic E-state index is 0.00391. The van der Waals surface area contributed by atoms with Gasteiger partial charge in [-0.25, -0.2) is 9.50 Å². The quantitative estimate of drug-likeness (QED) is 0.791. The van der Waals surface area contributed by atoms with Gasteiger partial charge in [-0.2, -0.15) is 5.10 Å². The van der Waals surface area contributed by atoms with Crippen LogP contribution in [0, 0.1) is 0 Å². The van der Waals surface area contributed by atoms with Gasteiger partial charge in [0.15, 0.2) is 5.65 Å². The molecule has 0 saturated carbocycles. The van der Waals surface area contributed by atoms with Crippen LogP contribution < -0.4 is 0 Å². The molecule has 0 radical (unpaired) electrons. The second kappa shape index (κ2) is 2.84. The van der Waals surface area contributed by atoms with Crippen LogP contribution >= 0.6 is 15.9 Å². The Morgan fingerprint density at radius 3 is 3.17 bits per heavy atom. The van der Waals surface area contributed by atoms with Gasteiger partial charge in [-0.3, -0.25) is 0 Å². The second-order valence-corrected chi connectivity index (χ2v) is 3.22. The molecule has 0 amide bonds. The molecule has 2 heterocycles. The van der Waals surface area contributed by atoms with E-state index < -0.39 is 0 Å². The molecular weight excluding hydrogens is 222 g/mol. The van der Waals surface area contributed by atoms with Crippen molar-refractivity contribution in [3.63, 3.8) is 0 Å². The monoisotopic (exact) mass is 227 g/mol. The van der Waals surface area contributed by atoms with E-state index in [1.165, 1.54) is 6.33 Å². The number of pyridine rings is 1. The first-order chi connectivity index (χ1) is 5.81. The van der Waals surface area contributed by atoms with E-state index >= 15 is 0 Å². The highest BCUT2D eigenvalue weighted by atomic mass is 79.9. The highest BCUT2D eigenvalue weighted by Gasteiger charge is 2.02. The molecule has 2 rings (SSSR count). The first kappa shape index (κ1) is 7.70. The zero-order valence-corrected chi connectivity index (χ0v) is 7.69. The average molecular weight is 228 g/mol. The van der Waals surface area contributed by atoms with Gasteiger partial charge in [0.25, 0.3) is 0 Å². The predicted octanol–water partition coefficient (Wildman–Crippen LogP) is 0.984. The second-order valence-electron chi connectivity index (χ2n) is 2.37. The lowest BCUT2D eigenvalue weighted by atomic mass is 10.3. The molecule has 0 spiro atoms. The van der Waals surface area contributed by atoms with Crippen molar-refractivity contribution in [3.8, 4) is 0 Å². The first-order valence-electron chi connectivity index (χ1n) is 3.40. The Morgan fingerprint density at radius 1 is 1.58 bits per heavy atom. The topological polar surface area (TPSA) is 50.4 Å². The number of hydrogen-bond donors (Lipinski definition) is 1. The molecule has 12 heavy (non-hydrogen) atoms. The Balaban J connectivity index is 2.73. The fraction of sp³-hybridized carbons (Fsp3) is 0.143. The van der Waals surface area contributed by atoms with Gasteiger partial charge in [0.1, 0.15) is 6.33 Å². The van der Waals surface area contributed by atoms with Crippen molar-refractivity contribution < 1.29 is 5.11 Å². The van der Waals surface area contributed by atoms with Crippen molar-refractivity contribution in [2.75, 3.05) is 0 Å². The van der Waals surface area contributed by atoms with Crippen LogP contribution in [0.4, 0.5) is 0 Å². The molecule has 5 heteroatoms. The molecule has 0 aliphatic rings. The number of aliphatic hydroxyl groups is 1. The van der Waals surface area contributed by atoms with Gasteiger partial charge >= 0.3 is 0 Å². The Labute approximate surface area is 77.0 Å². The summed E-state index contributed by atoms with van der Waals surface area (Å²) in [6, 6.07) is 1.79. The third-order valence-electron chi connectivity index (χ3n) is 1.62. The minimum atomic E-state index is 0.00391. The smallest absolute Gasteiger partial charge is 0.155 e. The van der Waals surface area contributed by atoms with Crippen LogP contribution in [-0.2, 0) is 6.61 Å². The predicted molar refractivity (Wildman–Crippen MR) is 46.6 cm³/mol. The summed E-state index contributed by atoms with van der Waals surface area (Å²) in [7, 11) is 0. The van der Waals surface area contributed by atoms with Gasteiger partial charge in [-0.05, 0) is 27.6 Å². The van der Waals surface area contributed by atoms with Crippen molar-refractivity contribution in [2.24, 2.45) is 0 Å². The molecule has 0 aromatic carbocycles. The third kappa shape index (κ3) is 1.11. The van der Waals surface area contributed by atoms with Crippen LogP contribution in [0.2, 0.25) is 0 Å². The largest absolute Gasteiger partial charge is 0.392 e. The van der Waals surface area contributed by atoms with Crippen molar-refractivity contribution in [1.29, 1.82) is 0 Å². The van der Waals surface area contributed by atoms with Crippen LogP contribution in [0.25, 0.3) is 5.65 Å². The molecule has 0 aliphatic heterocycles. The lowest BCUT2D eigenvalue weighted by molar-refractivity contribution is 0.281. The minimum Gasteiger partial charge on any atom is -0.392 e. The number of rotatable bonds is 1. The summed E-state index contributed by atoms with van der Waals surface area (Å²) in [5.41, 5.74) is 1.55. The van der Waals surface area contributed by atoms with Crippen LogP contribution in [0.1, 0.15) is 5.56 Å². The van der Waals surface area contributed by atoms with E-state index in [0.717, 1.165) is 15.7 Å². The fourth-order valence-electron chi connectivity index (χ4n) is 0.998. The number of nitrogens with zero attached hydrogens (tertiary/aromatic N) is 3. The molecule has 2 aromatic heterocycles. The average Bonchev–Trinajstić information content (AvgIpc) is 2.49. The summed E-state index contributed by atoms with van der Waals surface area (Å²) in [6.07, 6.45) is 3.25. The van der Waals surface area contributed by atoms with Crippen LogP contribution in [0.3, 0.4) is 0 Å². The maximum absolute atomic E-state index is 8.93. The van der Waals surface area contributed by atoms with Gasteiger partial charge in [-0.15, -0.1) is 0 Å². The molecule has 2 aromatic rings. The molecule has 0 fully saturated rings. The normalized spacial score (nSPS) is 10.8. The fourth-order valence-corrected chi connectivity index (χ4v) is 1.43. The van der Waals surface area contributed by atoms with Crippen molar-refractivity contribution in [2.45, 2.75) is 6.61 Å². The van der Waals surface area contributed by atoms with E-state index in [0.29, 0.717) is 0 Å². The Hall–Kier alpha value is -0.940. The number of aliphatic hydroxyl groups excluding tert-OH is 1. The first-order valence-corrected chi connectivity index (χ1v) is 4.19. The van der Waals surface area contributed by atoms with Gasteiger partial charge in [0.05, 0.1) is 6.61 Å². The molecule has 0 saturated heterocycles. The Bertz CT molecular complexity index is 412. The van der Waals surface area contributed by atoms with E-state index in [1.54, 1.807) is 16.8 Å². The maximum atomic E-state index is 8.93. The molecule has 62 valence electrons. The molecule has 0 aliphatic carbocycles. The van der Waals surface area contributed by atoms with Gasteiger partial charge in [0, 0.05) is 10.7 Å². The number of fused-ring (bicyclic) bond motifs is 1. The number of aromatic nitrogens is 3. The van der Waals surface area contributed by atoms with Crippen LogP contribution in [-0.4, -0.2) is 19.7 Å². The lowest BCUT2D eigenvalue weighted by Gasteiger charge is -1.99. The zero-order valence-electron chi connectivity index (χ0n) is 6.11. The van der Waals surface area contributed by atoms with E-state index in [1.807, 2.05) is 0 Å². The Kier molecular flexibility index (Phi) is 1.82. The molecule has 0 bridgehead atoms. The van der Waals surface area contributed by atoms with Gasteiger partial charge < -0.3 is 5.11 Å². The highest BCUT2D eigenvalue weighted by Crippen LogP contribution is 2.17.